The number of piperazine rings is 1. The fourth-order valence-corrected chi connectivity index (χ4v) is 4.38. The van der Waals surface area contributed by atoms with Gasteiger partial charge in [0.05, 0.1) is 12.0 Å². The highest BCUT2D eigenvalue weighted by atomic mass is 35.5. The summed E-state index contributed by atoms with van der Waals surface area (Å²) in [5, 5.41) is 9.38. The molecule has 1 fully saturated rings. The van der Waals surface area contributed by atoms with Gasteiger partial charge in [0.1, 0.15) is 5.82 Å². The number of rotatable bonds is 6. The first kappa shape index (κ1) is 20.9. The molecule has 0 bridgehead atoms. The van der Waals surface area contributed by atoms with Crippen LogP contribution in [0, 0.1) is 5.82 Å². The van der Waals surface area contributed by atoms with Crippen LogP contribution in [0.25, 0.3) is 11.6 Å². The van der Waals surface area contributed by atoms with E-state index in [1.165, 1.54) is 17.8 Å². The molecule has 0 spiro atoms. The monoisotopic (exact) mass is 449 g/mol. The number of carbonyl (C=O) groups is 1. The molecule has 1 aromatic carbocycles. The first-order valence-corrected chi connectivity index (χ1v) is 10.9. The number of hydrogen-bond acceptors (Lipinski definition) is 6. The lowest BCUT2D eigenvalue weighted by Crippen LogP contribution is -2.48. The summed E-state index contributed by atoms with van der Waals surface area (Å²) in [5.41, 5.74) is 0.504. The Morgan fingerprint density at radius 3 is 2.70 bits per heavy atom. The summed E-state index contributed by atoms with van der Waals surface area (Å²) in [6.07, 6.45) is 1.58. The topological polar surface area (TPSA) is 67.4 Å². The molecule has 30 heavy (non-hydrogen) atoms. The fraction of sp³-hybridized carbons (Fsp3) is 0.350. The molecular formula is C20H21ClFN5O2S. The van der Waals surface area contributed by atoms with Gasteiger partial charge in [-0.3, -0.25) is 9.69 Å². The molecule has 0 radical (unpaired) electrons. The lowest BCUT2D eigenvalue weighted by Gasteiger charge is -2.34. The van der Waals surface area contributed by atoms with Crippen LogP contribution in [-0.4, -0.2) is 62.4 Å². The Balaban J connectivity index is 1.28. The molecule has 0 N–H and O–H groups in total. The normalized spacial score (nSPS) is 15.0. The van der Waals surface area contributed by atoms with Crippen LogP contribution in [0.2, 0.25) is 5.02 Å². The molecule has 1 aliphatic heterocycles. The van der Waals surface area contributed by atoms with Crippen molar-refractivity contribution in [1.29, 1.82) is 0 Å². The minimum Gasteiger partial charge on any atom is -0.461 e. The second-order valence-electron chi connectivity index (χ2n) is 6.99. The van der Waals surface area contributed by atoms with Crippen LogP contribution in [-0.2, 0) is 18.4 Å². The predicted molar refractivity (Wildman–Crippen MR) is 113 cm³/mol. The number of amides is 1. The molecule has 3 aromatic rings. The maximum absolute atomic E-state index is 14.0. The van der Waals surface area contributed by atoms with Crippen LogP contribution in [0.3, 0.4) is 0 Å². The van der Waals surface area contributed by atoms with Gasteiger partial charge in [-0.05, 0) is 24.3 Å². The van der Waals surface area contributed by atoms with Crippen LogP contribution in [0.1, 0.15) is 5.56 Å². The molecule has 7 nitrogen and oxygen atoms in total. The number of thioether (sulfide) groups is 1. The molecule has 1 amide bonds. The minimum absolute atomic E-state index is 0.0473. The second kappa shape index (κ2) is 9.20. The molecule has 1 saturated heterocycles. The molecule has 0 aliphatic carbocycles. The molecule has 0 atom stereocenters. The van der Waals surface area contributed by atoms with Crippen LogP contribution < -0.4 is 0 Å². The van der Waals surface area contributed by atoms with Crippen molar-refractivity contribution in [2.75, 3.05) is 31.9 Å². The fourth-order valence-electron chi connectivity index (χ4n) is 3.34. The average Bonchev–Trinajstić information content (AvgIpc) is 3.39. The van der Waals surface area contributed by atoms with Crippen LogP contribution in [0.5, 0.6) is 0 Å². The number of furan rings is 1. The van der Waals surface area contributed by atoms with E-state index < -0.39 is 0 Å². The van der Waals surface area contributed by atoms with Crippen molar-refractivity contribution in [1.82, 2.24) is 24.6 Å². The van der Waals surface area contributed by atoms with Crippen LogP contribution in [0.4, 0.5) is 4.39 Å². The highest BCUT2D eigenvalue weighted by Gasteiger charge is 2.23. The van der Waals surface area contributed by atoms with Gasteiger partial charge in [-0.25, -0.2) is 4.39 Å². The van der Waals surface area contributed by atoms with Gasteiger partial charge in [-0.1, -0.05) is 29.4 Å². The number of aromatic nitrogens is 3. The summed E-state index contributed by atoms with van der Waals surface area (Å²) >= 11 is 7.47. The van der Waals surface area contributed by atoms with Crippen molar-refractivity contribution in [3.63, 3.8) is 0 Å². The van der Waals surface area contributed by atoms with Gasteiger partial charge >= 0.3 is 0 Å². The van der Waals surface area contributed by atoms with Gasteiger partial charge in [-0.2, -0.15) is 0 Å². The van der Waals surface area contributed by atoms with E-state index >= 15 is 0 Å². The molecule has 1 aliphatic rings. The summed E-state index contributed by atoms with van der Waals surface area (Å²) in [6.45, 7) is 2.99. The van der Waals surface area contributed by atoms with Crippen LogP contribution >= 0.6 is 23.4 Å². The van der Waals surface area contributed by atoms with Crippen molar-refractivity contribution in [3.8, 4) is 11.6 Å². The SMILES string of the molecule is Cn1c(SCC(=O)N2CCN(Cc3c(F)cccc3Cl)CC2)nnc1-c1ccco1. The Hall–Kier alpha value is -2.36. The quantitative estimate of drug-likeness (QED) is 0.538. The van der Waals surface area contributed by atoms with Gasteiger partial charge in [0.25, 0.3) is 0 Å². The highest BCUT2D eigenvalue weighted by Crippen LogP contribution is 2.24. The van der Waals surface area contributed by atoms with E-state index in [1.54, 1.807) is 24.5 Å². The molecule has 0 saturated carbocycles. The third kappa shape index (κ3) is 4.53. The summed E-state index contributed by atoms with van der Waals surface area (Å²) in [4.78, 5) is 16.6. The zero-order valence-electron chi connectivity index (χ0n) is 16.4. The number of benzene rings is 1. The number of carbonyl (C=O) groups excluding carboxylic acids is 1. The standard InChI is InChI=1S/C20H21ClFN5O2S/c1-25-19(17-6-3-11-29-17)23-24-20(25)30-13-18(28)27-9-7-26(8-10-27)12-14-15(21)4-2-5-16(14)22/h2-6,11H,7-10,12-13H2,1H3. The van der Waals surface area contributed by atoms with Crippen molar-refractivity contribution in [2.45, 2.75) is 11.7 Å². The summed E-state index contributed by atoms with van der Waals surface area (Å²) < 4.78 is 21.2. The van der Waals surface area contributed by atoms with Crippen molar-refractivity contribution in [3.05, 3.63) is 53.0 Å². The number of halogens is 2. The zero-order chi connectivity index (χ0) is 21.1. The molecular weight excluding hydrogens is 429 g/mol. The third-order valence-electron chi connectivity index (χ3n) is 5.07. The molecule has 3 heterocycles. The maximum atomic E-state index is 14.0. The smallest absolute Gasteiger partial charge is 0.233 e. The van der Waals surface area contributed by atoms with Crippen molar-refractivity contribution < 1.29 is 13.6 Å². The lowest BCUT2D eigenvalue weighted by atomic mass is 10.2. The second-order valence-corrected chi connectivity index (χ2v) is 8.34. The third-order valence-corrected chi connectivity index (χ3v) is 6.43. The first-order valence-electron chi connectivity index (χ1n) is 9.52. The number of nitrogens with zero attached hydrogens (tertiary/aromatic N) is 5. The van der Waals surface area contributed by atoms with Gasteiger partial charge < -0.3 is 13.9 Å². The Morgan fingerprint density at radius 1 is 1.20 bits per heavy atom. The van der Waals surface area contributed by atoms with Crippen molar-refractivity contribution >= 4 is 29.3 Å². The zero-order valence-corrected chi connectivity index (χ0v) is 18.0. The van der Waals surface area contributed by atoms with Crippen LogP contribution in [0.15, 0.2) is 46.2 Å². The van der Waals surface area contributed by atoms with Gasteiger partial charge in [-0.15, -0.1) is 10.2 Å². The molecule has 2 aromatic heterocycles. The largest absolute Gasteiger partial charge is 0.461 e. The van der Waals surface area contributed by atoms with Gasteiger partial charge in [0, 0.05) is 50.4 Å². The van der Waals surface area contributed by atoms with Crippen molar-refractivity contribution in [2.24, 2.45) is 7.05 Å². The minimum atomic E-state index is -0.296. The molecule has 158 valence electrons. The van der Waals surface area contributed by atoms with E-state index in [0.717, 1.165) is 0 Å². The first-order chi connectivity index (χ1) is 14.5. The Morgan fingerprint density at radius 2 is 2.00 bits per heavy atom. The highest BCUT2D eigenvalue weighted by molar-refractivity contribution is 7.99. The Kier molecular flexibility index (Phi) is 6.40. The maximum Gasteiger partial charge on any atom is 0.233 e. The van der Waals surface area contributed by atoms with Gasteiger partial charge in [0.15, 0.2) is 16.7 Å². The lowest BCUT2D eigenvalue weighted by molar-refractivity contribution is -0.130. The Bertz CT molecular complexity index is 998. The van der Waals surface area contributed by atoms with E-state index in [0.29, 0.717) is 60.1 Å². The van der Waals surface area contributed by atoms with Gasteiger partial charge in [0.2, 0.25) is 5.91 Å². The van der Waals surface area contributed by atoms with E-state index in [4.69, 9.17) is 16.0 Å². The van der Waals surface area contributed by atoms with E-state index in [-0.39, 0.29) is 17.5 Å². The summed E-state index contributed by atoms with van der Waals surface area (Å²) in [5.74, 6) is 1.29. The van der Waals surface area contributed by atoms with E-state index in [2.05, 4.69) is 15.1 Å². The average molecular weight is 450 g/mol. The summed E-state index contributed by atoms with van der Waals surface area (Å²) in [6, 6.07) is 8.32. The van der Waals surface area contributed by atoms with E-state index in [9.17, 15) is 9.18 Å². The Labute approximate surface area is 182 Å². The predicted octanol–water partition coefficient (Wildman–Crippen LogP) is 3.30. The number of hydrogen-bond donors (Lipinski definition) is 0. The molecule has 4 rings (SSSR count). The van der Waals surface area contributed by atoms with E-state index in [1.807, 2.05) is 22.6 Å². The molecule has 10 heteroatoms. The molecule has 0 unspecified atom stereocenters. The summed E-state index contributed by atoms with van der Waals surface area (Å²) in [7, 11) is 1.84.